The van der Waals surface area contributed by atoms with Gasteiger partial charge >= 0.3 is 5.24 Å². The molecule has 2 aromatic rings. The molecule has 4 nitrogen and oxygen atoms in total. The minimum absolute atomic E-state index is 0.306. The van der Waals surface area contributed by atoms with Crippen LogP contribution in [-0.2, 0) is 13.0 Å². The first-order valence-corrected chi connectivity index (χ1v) is 10.2. The second-order valence-electron chi connectivity index (χ2n) is 6.69. The van der Waals surface area contributed by atoms with Gasteiger partial charge in [-0.25, -0.2) is 0 Å². The zero-order chi connectivity index (χ0) is 18.7. The Hall–Kier alpha value is -1.98. The molecule has 0 atom stereocenters. The van der Waals surface area contributed by atoms with Crippen LogP contribution in [0.2, 0.25) is 0 Å². The third-order valence-electron chi connectivity index (χ3n) is 4.76. The Labute approximate surface area is 159 Å². The van der Waals surface area contributed by atoms with Crippen LogP contribution >= 0.6 is 11.8 Å². The lowest BCUT2D eigenvalue weighted by Gasteiger charge is -2.19. The summed E-state index contributed by atoms with van der Waals surface area (Å²) >= 11 is 0.976. The summed E-state index contributed by atoms with van der Waals surface area (Å²) in [6.45, 7) is 4.47. The maximum atomic E-state index is 11.9. The van der Waals surface area contributed by atoms with Gasteiger partial charge in [0.25, 0.3) is 0 Å². The van der Waals surface area contributed by atoms with Crippen molar-refractivity contribution in [2.24, 2.45) is 0 Å². The van der Waals surface area contributed by atoms with Crippen molar-refractivity contribution in [3.63, 3.8) is 0 Å². The Balaban J connectivity index is 1.84. The van der Waals surface area contributed by atoms with Gasteiger partial charge in [-0.3, -0.25) is 10.0 Å². The topological polar surface area (TPSA) is 49.8 Å². The fourth-order valence-corrected chi connectivity index (χ4v) is 3.30. The summed E-state index contributed by atoms with van der Waals surface area (Å²) < 4.78 is 6.03. The molecule has 1 saturated carbocycles. The Morgan fingerprint density at radius 2 is 2.04 bits per heavy atom. The molecule has 0 unspecified atom stereocenters. The number of hydroxylamine groups is 1. The molecule has 3 rings (SSSR count). The van der Waals surface area contributed by atoms with Gasteiger partial charge in [0, 0.05) is 5.56 Å². The van der Waals surface area contributed by atoms with Gasteiger partial charge in [0.15, 0.2) is 0 Å². The van der Waals surface area contributed by atoms with E-state index < -0.39 is 5.24 Å². The van der Waals surface area contributed by atoms with E-state index in [2.05, 4.69) is 25.1 Å². The monoisotopic (exact) mass is 371 g/mol. The van der Waals surface area contributed by atoms with Crippen LogP contribution in [0.5, 0.6) is 5.75 Å². The summed E-state index contributed by atoms with van der Waals surface area (Å²) in [5.74, 6) is 1.42. The molecule has 0 bridgehead atoms. The van der Waals surface area contributed by atoms with Crippen molar-refractivity contribution in [1.29, 1.82) is 0 Å². The minimum atomic E-state index is -0.408. The number of nitrogens with zero attached hydrogens (tertiary/aromatic N) is 1. The normalized spacial score (nSPS) is 13.5. The second-order valence-corrected chi connectivity index (χ2v) is 7.44. The lowest BCUT2D eigenvalue weighted by molar-refractivity contribution is 0.223. The summed E-state index contributed by atoms with van der Waals surface area (Å²) in [4.78, 5) is 11.9. The molecular formula is C21H25NO3S. The second kappa shape index (κ2) is 8.14. The molecule has 1 amide bonds. The van der Waals surface area contributed by atoms with Gasteiger partial charge in [-0.15, -0.1) is 0 Å². The van der Waals surface area contributed by atoms with Crippen LogP contribution in [0.15, 0.2) is 36.4 Å². The number of hydrogen-bond donors (Lipinski definition) is 1. The van der Waals surface area contributed by atoms with Gasteiger partial charge in [0.1, 0.15) is 12.4 Å². The predicted octanol–water partition coefficient (Wildman–Crippen LogP) is 5.69. The Kier molecular flexibility index (Phi) is 5.89. The van der Waals surface area contributed by atoms with Crippen LogP contribution < -0.4 is 9.80 Å². The quantitative estimate of drug-likeness (QED) is 0.523. The largest absolute Gasteiger partial charge is 0.489 e. The number of carbonyl (C=O) groups excluding carboxylic acids is 1. The number of thioether (sulfide) groups is 1. The number of amides is 1. The lowest BCUT2D eigenvalue weighted by Crippen LogP contribution is -2.24. The molecule has 1 N–H and O–H groups in total. The number of carbonyl (C=O) groups is 1. The van der Waals surface area contributed by atoms with E-state index in [1.165, 1.54) is 24.0 Å². The highest BCUT2D eigenvalue weighted by molar-refractivity contribution is 8.13. The van der Waals surface area contributed by atoms with E-state index in [4.69, 9.17) is 4.74 Å². The van der Waals surface area contributed by atoms with E-state index in [0.717, 1.165) is 35.1 Å². The molecule has 5 heteroatoms. The number of rotatable bonds is 6. The first-order valence-electron chi connectivity index (χ1n) is 8.95. The van der Waals surface area contributed by atoms with Crippen molar-refractivity contribution >= 4 is 22.7 Å². The Bertz CT molecular complexity index is 802. The van der Waals surface area contributed by atoms with Gasteiger partial charge in [0.2, 0.25) is 0 Å². The molecule has 1 fully saturated rings. The van der Waals surface area contributed by atoms with Crippen LogP contribution in [0, 0.1) is 6.92 Å². The highest BCUT2D eigenvalue weighted by Crippen LogP contribution is 2.41. The third kappa shape index (κ3) is 4.22. The molecule has 138 valence electrons. The Morgan fingerprint density at radius 1 is 1.27 bits per heavy atom. The zero-order valence-corrected chi connectivity index (χ0v) is 16.3. The highest BCUT2D eigenvalue weighted by Gasteiger charge is 2.25. The molecule has 0 heterocycles. The summed E-state index contributed by atoms with van der Waals surface area (Å²) in [5, 5.41) is 10.5. The van der Waals surface area contributed by atoms with Crippen molar-refractivity contribution in [3.8, 4) is 5.75 Å². The predicted molar refractivity (Wildman–Crippen MR) is 106 cm³/mol. The van der Waals surface area contributed by atoms with E-state index in [0.29, 0.717) is 23.3 Å². The molecule has 26 heavy (non-hydrogen) atoms. The molecule has 0 spiro atoms. The molecular weight excluding hydrogens is 346 g/mol. The summed E-state index contributed by atoms with van der Waals surface area (Å²) in [7, 11) is 0. The molecule has 0 radical (unpaired) electrons. The van der Waals surface area contributed by atoms with Gasteiger partial charge in [-0.05, 0) is 73.2 Å². The van der Waals surface area contributed by atoms with Gasteiger partial charge in [-0.1, -0.05) is 36.9 Å². The summed E-state index contributed by atoms with van der Waals surface area (Å²) in [6, 6.07) is 12.1. The van der Waals surface area contributed by atoms with Crippen molar-refractivity contribution in [1.82, 2.24) is 0 Å². The number of benzene rings is 2. The number of hydrogen-bond acceptors (Lipinski definition) is 4. The van der Waals surface area contributed by atoms with E-state index >= 15 is 0 Å². The molecule has 2 aromatic carbocycles. The van der Waals surface area contributed by atoms with Gasteiger partial charge in [-0.2, -0.15) is 5.06 Å². The average Bonchev–Trinajstić information content (AvgIpc) is 3.50. The number of aryl methyl sites for hydroxylation is 2. The average molecular weight is 372 g/mol. The van der Waals surface area contributed by atoms with Crippen LogP contribution in [-0.4, -0.2) is 16.7 Å². The van der Waals surface area contributed by atoms with Crippen LogP contribution in [0.1, 0.15) is 47.9 Å². The van der Waals surface area contributed by atoms with Crippen LogP contribution in [0.25, 0.3) is 0 Å². The van der Waals surface area contributed by atoms with Gasteiger partial charge in [0.05, 0.1) is 5.69 Å². The first-order chi connectivity index (χ1) is 12.5. The third-order valence-corrected chi connectivity index (χ3v) is 5.28. The maximum Gasteiger partial charge on any atom is 0.309 e. The van der Waals surface area contributed by atoms with Crippen LogP contribution in [0.4, 0.5) is 10.5 Å². The SMILES string of the molecule is CCc1ccc(OCc2cc(C3CC3)ccc2N(O)C(=O)SC)c(C)c1. The Morgan fingerprint density at radius 3 is 2.65 bits per heavy atom. The van der Waals surface area contributed by atoms with Gasteiger partial charge < -0.3 is 4.74 Å². The lowest BCUT2D eigenvalue weighted by atomic mass is 10.1. The molecule has 0 aliphatic heterocycles. The molecule has 0 saturated heterocycles. The maximum absolute atomic E-state index is 11.9. The van der Waals surface area contributed by atoms with E-state index in [-0.39, 0.29) is 0 Å². The zero-order valence-electron chi connectivity index (χ0n) is 15.5. The van der Waals surface area contributed by atoms with E-state index in [9.17, 15) is 10.0 Å². The molecule has 1 aliphatic rings. The van der Waals surface area contributed by atoms with E-state index in [1.807, 2.05) is 25.1 Å². The number of anilines is 1. The minimum Gasteiger partial charge on any atom is -0.489 e. The fourth-order valence-electron chi connectivity index (χ4n) is 3.03. The summed E-state index contributed by atoms with van der Waals surface area (Å²) in [6.07, 6.45) is 5.04. The van der Waals surface area contributed by atoms with Crippen LogP contribution in [0.3, 0.4) is 0 Å². The van der Waals surface area contributed by atoms with Crippen molar-refractivity contribution in [2.45, 2.75) is 45.6 Å². The molecule has 1 aliphatic carbocycles. The van der Waals surface area contributed by atoms with Crippen molar-refractivity contribution < 1.29 is 14.7 Å². The standard InChI is InChI=1S/C21H25NO3S/c1-4-15-5-10-20(14(2)11-15)25-13-18-12-17(16-6-7-16)8-9-19(18)22(24)21(23)26-3/h5,8-12,16,24H,4,6-7,13H2,1-3H3. The highest BCUT2D eigenvalue weighted by atomic mass is 32.2. The smallest absolute Gasteiger partial charge is 0.309 e. The summed E-state index contributed by atoms with van der Waals surface area (Å²) in [5.41, 5.74) is 4.91. The first kappa shape index (κ1) is 18.8. The van der Waals surface area contributed by atoms with Crippen molar-refractivity contribution in [3.05, 3.63) is 58.7 Å². The molecule has 0 aromatic heterocycles. The van der Waals surface area contributed by atoms with E-state index in [1.54, 1.807) is 6.26 Å². The van der Waals surface area contributed by atoms with Crippen molar-refractivity contribution in [2.75, 3.05) is 11.3 Å². The fraction of sp³-hybridized carbons (Fsp3) is 0.381. The number of ether oxygens (including phenoxy) is 1.